The van der Waals surface area contributed by atoms with Gasteiger partial charge < -0.3 is 14.2 Å². The van der Waals surface area contributed by atoms with Crippen molar-refractivity contribution in [2.45, 2.75) is 412 Å². The molecule has 0 aliphatic rings. The van der Waals surface area contributed by atoms with Gasteiger partial charge in [-0.1, -0.05) is 354 Å². The van der Waals surface area contributed by atoms with Crippen LogP contribution in [0.5, 0.6) is 0 Å². The Morgan fingerprint density at radius 3 is 0.649 bits per heavy atom. The van der Waals surface area contributed by atoms with Crippen LogP contribution >= 0.6 is 0 Å². The van der Waals surface area contributed by atoms with Crippen LogP contribution < -0.4 is 0 Å². The predicted octanol–water partition coefficient (Wildman–Crippen LogP) is 24.0. The van der Waals surface area contributed by atoms with Gasteiger partial charge >= 0.3 is 17.9 Å². The van der Waals surface area contributed by atoms with E-state index in [1.807, 2.05) is 0 Å². The fourth-order valence-electron chi connectivity index (χ4n) is 11.0. The second kappa shape index (κ2) is 66.7. The summed E-state index contributed by atoms with van der Waals surface area (Å²) in [7, 11) is 0. The molecule has 0 heterocycles. The highest BCUT2D eigenvalue weighted by molar-refractivity contribution is 5.71. The lowest BCUT2D eigenvalue weighted by atomic mass is 10.0. The van der Waals surface area contributed by atoms with Crippen molar-refractivity contribution >= 4 is 17.9 Å². The zero-order chi connectivity index (χ0) is 55.7. The minimum absolute atomic E-state index is 0.0627. The van der Waals surface area contributed by atoms with Gasteiger partial charge in [0, 0.05) is 19.3 Å². The van der Waals surface area contributed by atoms with Gasteiger partial charge in [-0.15, -0.1) is 0 Å². The van der Waals surface area contributed by atoms with Crippen molar-refractivity contribution in [1.29, 1.82) is 0 Å². The minimum atomic E-state index is -0.766. The van der Waals surface area contributed by atoms with Crippen LogP contribution in [0.1, 0.15) is 406 Å². The summed E-state index contributed by atoms with van der Waals surface area (Å²) in [6.45, 7) is 6.74. The van der Waals surface area contributed by atoms with Crippen LogP contribution in [0.3, 0.4) is 0 Å². The smallest absolute Gasteiger partial charge is 0.306 e. The third-order valence-electron chi connectivity index (χ3n) is 16.3. The number of allylic oxidation sites excluding steroid dienone is 2. The second-order valence-corrected chi connectivity index (χ2v) is 24.2. The first-order valence-corrected chi connectivity index (χ1v) is 35.2. The van der Waals surface area contributed by atoms with Crippen molar-refractivity contribution in [2.24, 2.45) is 0 Å². The third kappa shape index (κ3) is 64.9. The van der Waals surface area contributed by atoms with Gasteiger partial charge in [0.15, 0.2) is 6.10 Å². The van der Waals surface area contributed by atoms with Gasteiger partial charge in [-0.3, -0.25) is 14.4 Å². The number of unbranched alkanes of at least 4 members (excludes halogenated alkanes) is 53. The number of hydrogen-bond acceptors (Lipinski definition) is 6. The lowest BCUT2D eigenvalue weighted by Crippen LogP contribution is -2.30. The van der Waals surface area contributed by atoms with E-state index in [1.165, 1.54) is 308 Å². The average Bonchev–Trinajstić information content (AvgIpc) is 3.43. The molecule has 1 atom stereocenters. The summed E-state index contributed by atoms with van der Waals surface area (Å²) in [5, 5.41) is 0. The van der Waals surface area contributed by atoms with Gasteiger partial charge in [0.05, 0.1) is 0 Å². The Morgan fingerprint density at radius 2 is 0.429 bits per heavy atom. The largest absolute Gasteiger partial charge is 0.462 e. The molecule has 0 saturated carbocycles. The summed E-state index contributed by atoms with van der Waals surface area (Å²) in [4.78, 5) is 38.4. The molecule has 0 aromatic heterocycles. The molecular formula is C71H136O6. The van der Waals surface area contributed by atoms with E-state index in [0.717, 1.165) is 57.8 Å². The van der Waals surface area contributed by atoms with Gasteiger partial charge in [0.25, 0.3) is 0 Å². The monoisotopic (exact) mass is 1090 g/mol. The van der Waals surface area contributed by atoms with E-state index in [4.69, 9.17) is 14.2 Å². The van der Waals surface area contributed by atoms with Crippen LogP contribution in [0.25, 0.3) is 0 Å². The summed E-state index contributed by atoms with van der Waals surface area (Å²) in [5.41, 5.74) is 0. The Labute approximate surface area is 481 Å². The predicted molar refractivity (Wildman–Crippen MR) is 335 cm³/mol. The van der Waals surface area contributed by atoms with Crippen LogP contribution in [-0.2, 0) is 28.6 Å². The maximum absolute atomic E-state index is 13.0. The van der Waals surface area contributed by atoms with Gasteiger partial charge in [-0.25, -0.2) is 0 Å². The summed E-state index contributed by atoms with van der Waals surface area (Å²) in [6.07, 6.45) is 79.5. The summed E-state index contributed by atoms with van der Waals surface area (Å²) >= 11 is 0. The molecule has 0 aliphatic heterocycles. The Balaban J connectivity index is 4.27. The maximum atomic E-state index is 13.0. The molecule has 0 N–H and O–H groups in total. The van der Waals surface area contributed by atoms with Crippen molar-refractivity contribution < 1.29 is 28.6 Å². The highest BCUT2D eigenvalue weighted by atomic mass is 16.6. The van der Waals surface area contributed by atoms with Crippen LogP contribution in [-0.4, -0.2) is 37.2 Å². The fourth-order valence-corrected chi connectivity index (χ4v) is 11.0. The van der Waals surface area contributed by atoms with Crippen molar-refractivity contribution in [3.63, 3.8) is 0 Å². The molecule has 0 bridgehead atoms. The average molecular weight is 1090 g/mol. The Hall–Kier alpha value is -1.85. The van der Waals surface area contributed by atoms with Crippen molar-refractivity contribution in [3.8, 4) is 0 Å². The number of carbonyl (C=O) groups is 3. The van der Waals surface area contributed by atoms with Gasteiger partial charge in [-0.2, -0.15) is 0 Å². The quantitative estimate of drug-likeness (QED) is 0.0261. The van der Waals surface area contributed by atoms with Crippen LogP contribution in [0, 0.1) is 0 Å². The van der Waals surface area contributed by atoms with E-state index in [9.17, 15) is 14.4 Å². The molecular weight excluding hydrogens is 949 g/mol. The lowest BCUT2D eigenvalue weighted by molar-refractivity contribution is -0.167. The van der Waals surface area contributed by atoms with Crippen LogP contribution in [0.15, 0.2) is 12.2 Å². The number of hydrogen-bond donors (Lipinski definition) is 0. The maximum Gasteiger partial charge on any atom is 0.306 e. The molecule has 0 spiro atoms. The molecule has 0 fully saturated rings. The van der Waals surface area contributed by atoms with Gasteiger partial charge in [-0.05, 0) is 44.9 Å². The first kappa shape index (κ1) is 75.2. The zero-order valence-corrected chi connectivity index (χ0v) is 52.5. The first-order valence-electron chi connectivity index (χ1n) is 35.2. The number of rotatable bonds is 66. The Kier molecular flexibility index (Phi) is 65.1. The number of ether oxygens (including phenoxy) is 3. The van der Waals surface area contributed by atoms with Crippen LogP contribution in [0.2, 0.25) is 0 Å². The highest BCUT2D eigenvalue weighted by Crippen LogP contribution is 2.19. The molecule has 0 aromatic rings. The summed E-state index contributed by atoms with van der Waals surface area (Å²) in [5.74, 6) is -0.826. The summed E-state index contributed by atoms with van der Waals surface area (Å²) < 4.78 is 17.0. The van der Waals surface area contributed by atoms with Gasteiger partial charge in [0.1, 0.15) is 13.2 Å². The fraction of sp³-hybridized carbons (Fsp3) is 0.930. The molecule has 6 nitrogen and oxygen atoms in total. The Bertz CT molecular complexity index is 1200. The number of esters is 3. The highest BCUT2D eigenvalue weighted by Gasteiger charge is 2.19. The molecule has 0 saturated heterocycles. The molecule has 1 unspecified atom stereocenters. The zero-order valence-electron chi connectivity index (χ0n) is 52.5. The number of carbonyl (C=O) groups excluding carboxylic acids is 3. The van der Waals surface area contributed by atoms with E-state index in [2.05, 4.69) is 32.9 Å². The van der Waals surface area contributed by atoms with Gasteiger partial charge in [0.2, 0.25) is 0 Å². The van der Waals surface area contributed by atoms with E-state index in [0.29, 0.717) is 19.3 Å². The molecule has 77 heavy (non-hydrogen) atoms. The van der Waals surface area contributed by atoms with E-state index >= 15 is 0 Å². The van der Waals surface area contributed by atoms with E-state index in [1.54, 1.807) is 0 Å². The molecule has 6 heteroatoms. The van der Waals surface area contributed by atoms with E-state index < -0.39 is 6.10 Å². The lowest BCUT2D eigenvalue weighted by Gasteiger charge is -2.18. The Morgan fingerprint density at radius 1 is 0.247 bits per heavy atom. The second-order valence-electron chi connectivity index (χ2n) is 24.2. The van der Waals surface area contributed by atoms with Crippen molar-refractivity contribution in [1.82, 2.24) is 0 Å². The van der Waals surface area contributed by atoms with Crippen molar-refractivity contribution in [2.75, 3.05) is 13.2 Å². The first-order chi connectivity index (χ1) is 38.0. The normalized spacial score (nSPS) is 12.0. The van der Waals surface area contributed by atoms with Crippen LogP contribution in [0.4, 0.5) is 0 Å². The third-order valence-corrected chi connectivity index (χ3v) is 16.3. The standard InChI is InChI=1S/C71H136O6/c1-4-7-10-13-16-19-22-25-28-31-33-34-35-36-38-40-43-46-49-52-55-58-61-64-70(73)76-67-68(66-75-69(72)63-60-57-54-51-48-45-42-39-30-27-24-21-18-15-12-9-6-3)77-71(74)65-62-59-56-53-50-47-44-41-37-32-29-26-23-20-17-14-11-8-5-2/h31,33,68H,4-30,32,34-67H2,1-3H3/b33-31-. The minimum Gasteiger partial charge on any atom is -0.462 e. The SMILES string of the molecule is CCCCCCCCCC/C=C\CCCCCCCCCCCCCC(=O)OCC(COC(=O)CCCCCCCCCCCCCCCCCCC)OC(=O)CCCCCCCCCCCCCCCCCCCCC. The summed E-state index contributed by atoms with van der Waals surface area (Å²) in [6, 6.07) is 0. The molecule has 456 valence electrons. The molecule has 0 aromatic carbocycles. The molecule has 0 radical (unpaired) electrons. The molecule has 0 rings (SSSR count). The van der Waals surface area contributed by atoms with Crippen molar-refractivity contribution in [3.05, 3.63) is 12.2 Å². The topological polar surface area (TPSA) is 78.9 Å². The molecule has 0 aliphatic carbocycles. The van der Waals surface area contributed by atoms with E-state index in [-0.39, 0.29) is 31.1 Å². The molecule has 0 amide bonds.